The number of benzene rings is 1. The quantitative estimate of drug-likeness (QED) is 0.886. The monoisotopic (exact) mass is 314 g/mol. The number of methoxy groups -OCH3 is 1. The molecule has 124 valence electrons. The van der Waals surface area contributed by atoms with E-state index < -0.39 is 0 Å². The molecule has 4 heteroatoms. The molecule has 1 heterocycles. The maximum absolute atomic E-state index is 12.1. The van der Waals surface area contributed by atoms with Gasteiger partial charge in [0.2, 0.25) is 0 Å². The van der Waals surface area contributed by atoms with Crippen LogP contribution in [0.5, 0.6) is 5.75 Å². The molecule has 0 unspecified atom stereocenters. The van der Waals surface area contributed by atoms with Gasteiger partial charge in [-0.2, -0.15) is 0 Å². The van der Waals surface area contributed by atoms with Gasteiger partial charge in [0.15, 0.2) is 5.43 Å². The van der Waals surface area contributed by atoms with Gasteiger partial charge < -0.3 is 9.72 Å². The molecule has 1 aromatic heterocycles. The predicted molar refractivity (Wildman–Crippen MR) is 94.0 cm³/mol. The van der Waals surface area contributed by atoms with Crippen molar-refractivity contribution in [2.24, 2.45) is 0 Å². The molecule has 2 rings (SSSR count). The molecule has 23 heavy (non-hydrogen) atoms. The Morgan fingerprint density at radius 1 is 1.22 bits per heavy atom. The zero-order valence-corrected chi connectivity index (χ0v) is 14.6. The lowest BCUT2D eigenvalue weighted by Gasteiger charge is -2.28. The topological polar surface area (TPSA) is 45.3 Å². The van der Waals surface area contributed by atoms with Crippen LogP contribution in [0.1, 0.15) is 41.8 Å². The summed E-state index contributed by atoms with van der Waals surface area (Å²) < 4.78 is 5.23. The van der Waals surface area contributed by atoms with E-state index in [1.165, 1.54) is 5.56 Å². The van der Waals surface area contributed by atoms with Crippen LogP contribution in [0.25, 0.3) is 0 Å². The molecule has 2 aromatic rings. The Balaban J connectivity index is 2.21. The number of nitrogens with zero attached hydrogens (tertiary/aromatic N) is 1. The first-order valence-electron chi connectivity index (χ1n) is 7.99. The molecular formula is C19H26N2O2. The Morgan fingerprint density at radius 2 is 1.87 bits per heavy atom. The number of hydrogen-bond donors (Lipinski definition) is 1. The largest absolute Gasteiger partial charge is 0.497 e. The standard InChI is InChI=1S/C19H26N2O2/c1-6-18(15-7-9-16(23-5)10-8-15)21(4)12-17-14(3)19(22)13(2)11-20-17/h7-11,18H,6,12H2,1-5H3,(H,20,22)/t18-/m1/s1. The van der Waals surface area contributed by atoms with Crippen molar-refractivity contribution in [1.29, 1.82) is 0 Å². The number of rotatable bonds is 6. The summed E-state index contributed by atoms with van der Waals surface area (Å²) >= 11 is 0. The minimum absolute atomic E-state index is 0.129. The van der Waals surface area contributed by atoms with Crippen LogP contribution in [0.4, 0.5) is 0 Å². The van der Waals surface area contributed by atoms with Gasteiger partial charge in [0.25, 0.3) is 0 Å². The Morgan fingerprint density at radius 3 is 2.43 bits per heavy atom. The summed E-state index contributed by atoms with van der Waals surface area (Å²) in [5, 5.41) is 0. The third kappa shape index (κ3) is 3.82. The normalized spacial score (nSPS) is 12.4. The van der Waals surface area contributed by atoms with Crippen LogP contribution in [0, 0.1) is 13.8 Å². The maximum Gasteiger partial charge on any atom is 0.187 e. The summed E-state index contributed by atoms with van der Waals surface area (Å²) in [5.74, 6) is 0.866. The highest BCUT2D eigenvalue weighted by Gasteiger charge is 2.17. The highest BCUT2D eigenvalue weighted by Crippen LogP contribution is 2.26. The van der Waals surface area contributed by atoms with Gasteiger partial charge >= 0.3 is 0 Å². The van der Waals surface area contributed by atoms with Gasteiger partial charge in [-0.15, -0.1) is 0 Å². The lowest BCUT2D eigenvalue weighted by atomic mass is 10.0. The van der Waals surface area contributed by atoms with Crippen molar-refractivity contribution in [1.82, 2.24) is 9.88 Å². The van der Waals surface area contributed by atoms with Crippen molar-refractivity contribution in [2.45, 2.75) is 39.8 Å². The second-order valence-corrected chi connectivity index (χ2v) is 6.02. The molecule has 0 saturated carbocycles. The number of ether oxygens (including phenoxy) is 1. The van der Waals surface area contributed by atoms with Crippen molar-refractivity contribution in [3.63, 3.8) is 0 Å². The van der Waals surface area contributed by atoms with Gasteiger partial charge in [0, 0.05) is 35.6 Å². The Hall–Kier alpha value is -2.07. The van der Waals surface area contributed by atoms with Gasteiger partial charge in [0.05, 0.1) is 7.11 Å². The van der Waals surface area contributed by atoms with E-state index in [2.05, 4.69) is 36.0 Å². The smallest absolute Gasteiger partial charge is 0.187 e. The van der Waals surface area contributed by atoms with E-state index >= 15 is 0 Å². The van der Waals surface area contributed by atoms with Crippen LogP contribution >= 0.6 is 0 Å². The third-order valence-corrected chi connectivity index (χ3v) is 4.44. The fourth-order valence-electron chi connectivity index (χ4n) is 2.95. The molecule has 1 aromatic carbocycles. The summed E-state index contributed by atoms with van der Waals surface area (Å²) in [6.07, 6.45) is 2.80. The average molecular weight is 314 g/mol. The number of pyridine rings is 1. The molecule has 0 saturated heterocycles. The van der Waals surface area contributed by atoms with Crippen LogP contribution in [0.2, 0.25) is 0 Å². The van der Waals surface area contributed by atoms with Crippen LogP contribution < -0.4 is 10.2 Å². The van der Waals surface area contributed by atoms with Gasteiger partial charge in [-0.3, -0.25) is 9.69 Å². The minimum atomic E-state index is 0.129. The first kappa shape index (κ1) is 17.3. The molecule has 0 aliphatic rings. The first-order valence-corrected chi connectivity index (χ1v) is 7.99. The molecule has 0 aliphatic carbocycles. The number of H-pyrrole nitrogens is 1. The number of aromatic amines is 1. The molecule has 0 spiro atoms. The van der Waals surface area contributed by atoms with E-state index in [4.69, 9.17) is 4.74 Å². The summed E-state index contributed by atoms with van der Waals surface area (Å²) in [7, 11) is 3.77. The minimum Gasteiger partial charge on any atom is -0.497 e. The maximum atomic E-state index is 12.1. The Kier molecular flexibility index (Phi) is 5.61. The number of nitrogens with one attached hydrogen (secondary N) is 1. The van der Waals surface area contributed by atoms with Crippen molar-refractivity contribution >= 4 is 0 Å². The molecule has 1 atom stereocenters. The zero-order chi connectivity index (χ0) is 17.0. The van der Waals surface area contributed by atoms with Crippen LogP contribution in [-0.2, 0) is 6.54 Å². The van der Waals surface area contributed by atoms with E-state index in [0.717, 1.165) is 29.0 Å². The molecule has 0 fully saturated rings. The molecule has 0 aliphatic heterocycles. The molecule has 0 bridgehead atoms. The summed E-state index contributed by atoms with van der Waals surface area (Å²) in [5.41, 5.74) is 3.93. The van der Waals surface area contributed by atoms with Crippen molar-refractivity contribution in [3.8, 4) is 5.75 Å². The van der Waals surface area contributed by atoms with E-state index in [9.17, 15) is 4.79 Å². The van der Waals surface area contributed by atoms with Crippen LogP contribution in [0.15, 0.2) is 35.3 Å². The summed E-state index contributed by atoms with van der Waals surface area (Å²) in [6.45, 7) is 6.62. The van der Waals surface area contributed by atoms with Gasteiger partial charge in [-0.05, 0) is 45.0 Å². The van der Waals surface area contributed by atoms with Gasteiger partial charge in [-0.1, -0.05) is 19.1 Å². The fourth-order valence-corrected chi connectivity index (χ4v) is 2.95. The van der Waals surface area contributed by atoms with Crippen molar-refractivity contribution in [3.05, 3.63) is 63.1 Å². The van der Waals surface area contributed by atoms with E-state index in [0.29, 0.717) is 12.6 Å². The van der Waals surface area contributed by atoms with E-state index in [1.807, 2.05) is 26.0 Å². The number of aryl methyl sites for hydroxylation is 1. The van der Waals surface area contributed by atoms with Crippen LogP contribution in [0.3, 0.4) is 0 Å². The lowest BCUT2D eigenvalue weighted by Crippen LogP contribution is -2.26. The van der Waals surface area contributed by atoms with Gasteiger partial charge in [0.1, 0.15) is 5.75 Å². The second kappa shape index (κ2) is 7.47. The summed E-state index contributed by atoms with van der Waals surface area (Å²) in [4.78, 5) is 17.6. The first-order chi connectivity index (χ1) is 11.0. The fraction of sp³-hybridized carbons (Fsp3) is 0.421. The number of aromatic nitrogens is 1. The third-order valence-electron chi connectivity index (χ3n) is 4.44. The highest BCUT2D eigenvalue weighted by molar-refractivity contribution is 5.29. The Bertz CT molecular complexity index is 704. The van der Waals surface area contributed by atoms with Crippen molar-refractivity contribution in [2.75, 3.05) is 14.2 Å². The lowest BCUT2D eigenvalue weighted by molar-refractivity contribution is 0.227. The molecular weight excluding hydrogens is 288 g/mol. The highest BCUT2D eigenvalue weighted by atomic mass is 16.5. The Labute approximate surface area is 138 Å². The zero-order valence-electron chi connectivity index (χ0n) is 14.6. The van der Waals surface area contributed by atoms with Gasteiger partial charge in [-0.25, -0.2) is 0 Å². The van der Waals surface area contributed by atoms with E-state index in [1.54, 1.807) is 13.3 Å². The predicted octanol–water partition coefficient (Wildman–Crippen LogP) is 3.58. The van der Waals surface area contributed by atoms with Crippen molar-refractivity contribution < 1.29 is 4.74 Å². The molecule has 0 radical (unpaired) electrons. The molecule has 4 nitrogen and oxygen atoms in total. The number of hydrogen-bond acceptors (Lipinski definition) is 3. The molecule has 1 N–H and O–H groups in total. The van der Waals surface area contributed by atoms with E-state index in [-0.39, 0.29) is 5.43 Å². The second-order valence-electron chi connectivity index (χ2n) is 6.02. The average Bonchev–Trinajstić information content (AvgIpc) is 2.57. The SMILES string of the molecule is CC[C@H](c1ccc(OC)cc1)N(C)Cc1[nH]cc(C)c(=O)c1C. The molecule has 0 amide bonds. The van der Waals surface area contributed by atoms with Crippen LogP contribution in [-0.4, -0.2) is 24.0 Å². The summed E-state index contributed by atoms with van der Waals surface area (Å²) in [6, 6.07) is 8.49.